The van der Waals surface area contributed by atoms with Gasteiger partial charge in [-0.2, -0.15) is 0 Å². The third-order valence-corrected chi connectivity index (χ3v) is 2.76. The molecule has 0 bridgehead atoms. The molecule has 0 amide bonds. The van der Waals surface area contributed by atoms with Crippen LogP contribution in [0.25, 0.3) is 0 Å². The maximum absolute atomic E-state index is 8.49. The van der Waals surface area contributed by atoms with Crippen molar-refractivity contribution in [3.05, 3.63) is 59.1 Å². The van der Waals surface area contributed by atoms with Crippen molar-refractivity contribution in [1.82, 2.24) is 0 Å². The molecule has 2 aliphatic rings. The Morgan fingerprint density at radius 2 is 1.23 bits per heavy atom. The van der Waals surface area contributed by atoms with E-state index in [1.54, 1.807) is 0 Å². The first-order valence-electron chi connectivity index (χ1n) is 6.37. The first-order valence-corrected chi connectivity index (χ1v) is 7.60. The van der Waals surface area contributed by atoms with Gasteiger partial charge in [0.25, 0.3) is 0 Å². The molecule has 1 aliphatic heterocycles. The van der Waals surface area contributed by atoms with Crippen molar-refractivity contribution >= 4 is 5.71 Å². The topological polar surface area (TPSA) is 104 Å². The fraction of sp³-hybridized carbons (Fsp3) is 0.267. The van der Waals surface area contributed by atoms with Crippen LogP contribution in [0.15, 0.2) is 59.1 Å². The Bertz CT molecular complexity index is 570. The van der Waals surface area contributed by atoms with E-state index in [0.29, 0.717) is 0 Å². The molecule has 0 aromatic carbocycles. The van der Waals surface area contributed by atoms with Crippen molar-refractivity contribution in [1.29, 1.82) is 0 Å². The molecule has 0 radical (unpaired) electrons. The number of halogens is 1. The Labute approximate surface area is 131 Å². The zero-order valence-electron chi connectivity index (χ0n) is 12.8. The molecule has 120 valence electrons. The molecule has 0 saturated carbocycles. The SMILES string of the molecule is CC1=CC(=C2C=CC(=[N+](C)C)C=C2)C=C(C)O1.[O-][Cl+3]([O-])([O-])[O-]. The summed E-state index contributed by atoms with van der Waals surface area (Å²) in [6.45, 7) is 3.95. The molecule has 0 aromatic heterocycles. The van der Waals surface area contributed by atoms with Crippen LogP contribution in [0.4, 0.5) is 0 Å². The van der Waals surface area contributed by atoms with Crippen molar-refractivity contribution in [2.24, 2.45) is 0 Å². The monoisotopic (exact) mass is 327 g/mol. The average Bonchev–Trinajstić information content (AvgIpc) is 2.35. The highest BCUT2D eigenvalue weighted by Gasteiger charge is 2.10. The van der Waals surface area contributed by atoms with Crippen molar-refractivity contribution < 1.29 is 38.2 Å². The summed E-state index contributed by atoms with van der Waals surface area (Å²) in [4.78, 5) is 0. The zero-order valence-corrected chi connectivity index (χ0v) is 13.6. The summed E-state index contributed by atoms with van der Waals surface area (Å²) in [7, 11) is -0.852. The molecule has 2 rings (SSSR count). The first kappa shape index (κ1) is 18.3. The van der Waals surface area contributed by atoms with E-state index < -0.39 is 10.2 Å². The highest BCUT2D eigenvalue weighted by Crippen LogP contribution is 2.23. The lowest BCUT2D eigenvalue weighted by atomic mass is 10.00. The highest BCUT2D eigenvalue weighted by molar-refractivity contribution is 6.02. The standard InChI is InChI=1S/C15H18NO.ClHO4/c1-11-9-14(10-12(2)17-11)13-5-7-15(8-6-13)16(3)4;2-1(3,4)5/h5-10H,1-4H3;(H,2,3,4,5)/q+1;/p-1. The van der Waals surface area contributed by atoms with E-state index >= 15 is 0 Å². The lowest BCUT2D eigenvalue weighted by Crippen LogP contribution is -2.68. The molecule has 0 spiro atoms. The van der Waals surface area contributed by atoms with Gasteiger partial charge >= 0.3 is 0 Å². The molecule has 22 heavy (non-hydrogen) atoms. The van der Waals surface area contributed by atoms with Crippen LogP contribution in [0.1, 0.15) is 13.8 Å². The molecule has 0 N–H and O–H groups in total. The average molecular weight is 328 g/mol. The quantitative estimate of drug-likeness (QED) is 0.488. The molecule has 1 heterocycles. The van der Waals surface area contributed by atoms with Gasteiger partial charge in [-0.25, -0.2) is 23.2 Å². The van der Waals surface area contributed by atoms with Crippen molar-refractivity contribution in [3.63, 3.8) is 0 Å². The van der Waals surface area contributed by atoms with Crippen LogP contribution in [0.2, 0.25) is 0 Å². The van der Waals surface area contributed by atoms with Gasteiger partial charge in [0.05, 0.1) is 0 Å². The van der Waals surface area contributed by atoms with Gasteiger partial charge in [-0.1, -0.05) is 0 Å². The second-order valence-electron chi connectivity index (χ2n) is 4.89. The number of rotatable bonds is 0. The van der Waals surface area contributed by atoms with Gasteiger partial charge in [-0.05, 0) is 49.3 Å². The summed E-state index contributed by atoms with van der Waals surface area (Å²) in [6.07, 6.45) is 12.7. The molecule has 0 atom stereocenters. The van der Waals surface area contributed by atoms with E-state index in [4.69, 9.17) is 23.4 Å². The maximum Gasteiger partial charge on any atom is 0.199 e. The summed E-state index contributed by atoms with van der Waals surface area (Å²) in [5.41, 5.74) is 3.64. The van der Waals surface area contributed by atoms with Gasteiger partial charge in [0.2, 0.25) is 0 Å². The molecule has 0 unspecified atom stereocenters. The summed E-state index contributed by atoms with van der Waals surface area (Å²) >= 11 is 0. The molecular weight excluding hydrogens is 310 g/mol. The number of hydrogen-bond donors (Lipinski definition) is 0. The lowest BCUT2D eigenvalue weighted by Gasteiger charge is -2.17. The Morgan fingerprint density at radius 3 is 1.59 bits per heavy atom. The van der Waals surface area contributed by atoms with Crippen molar-refractivity contribution in [3.8, 4) is 0 Å². The smallest absolute Gasteiger partial charge is 0.199 e. The van der Waals surface area contributed by atoms with Gasteiger partial charge in [-0.3, -0.25) is 0 Å². The molecular formula is C15H18ClNO5. The Hall–Kier alpha value is -1.70. The maximum atomic E-state index is 8.49. The minimum atomic E-state index is -4.94. The molecule has 6 nitrogen and oxygen atoms in total. The minimum Gasteiger partial charge on any atom is -0.467 e. The van der Waals surface area contributed by atoms with Crippen LogP contribution in [-0.2, 0) is 4.74 Å². The highest BCUT2D eigenvalue weighted by atomic mass is 35.7. The van der Waals surface area contributed by atoms with Crippen molar-refractivity contribution in [2.45, 2.75) is 13.8 Å². The van der Waals surface area contributed by atoms with Crippen LogP contribution in [0.3, 0.4) is 0 Å². The Kier molecular flexibility index (Phi) is 6.28. The van der Waals surface area contributed by atoms with Gasteiger partial charge < -0.3 is 4.74 Å². The van der Waals surface area contributed by atoms with Crippen LogP contribution in [0.5, 0.6) is 0 Å². The second-order valence-corrected chi connectivity index (χ2v) is 5.64. The summed E-state index contributed by atoms with van der Waals surface area (Å²) < 4.78 is 41.6. The largest absolute Gasteiger partial charge is 0.467 e. The molecule has 1 aliphatic carbocycles. The molecule has 0 fully saturated rings. The molecule has 7 heteroatoms. The fourth-order valence-electron chi connectivity index (χ4n) is 1.91. The van der Waals surface area contributed by atoms with E-state index in [1.807, 2.05) is 27.9 Å². The number of allylic oxidation sites excluding steroid dienone is 10. The summed E-state index contributed by atoms with van der Waals surface area (Å²) in [5.74, 6) is 1.88. The fourth-order valence-corrected chi connectivity index (χ4v) is 1.91. The van der Waals surface area contributed by atoms with Gasteiger partial charge in [0.15, 0.2) is 5.71 Å². The van der Waals surface area contributed by atoms with E-state index in [1.165, 1.54) is 16.9 Å². The predicted octanol–water partition coefficient (Wildman–Crippen LogP) is -1.80. The van der Waals surface area contributed by atoms with Crippen LogP contribution >= 0.6 is 0 Å². The van der Waals surface area contributed by atoms with Crippen LogP contribution in [-0.4, -0.2) is 24.4 Å². The van der Waals surface area contributed by atoms with E-state index in [-0.39, 0.29) is 0 Å². The van der Waals surface area contributed by atoms with Gasteiger partial charge in [-0.15, -0.1) is 10.2 Å². The first-order chi connectivity index (χ1) is 10.1. The van der Waals surface area contributed by atoms with E-state index in [9.17, 15) is 0 Å². The minimum absolute atomic E-state index is 0.941. The second kappa shape index (κ2) is 7.53. The number of ether oxygens (including phenoxy) is 1. The predicted molar refractivity (Wildman–Crippen MR) is 71.0 cm³/mol. The van der Waals surface area contributed by atoms with Gasteiger partial charge in [0, 0.05) is 12.2 Å². The Balaban J connectivity index is 0.000000422. The van der Waals surface area contributed by atoms with E-state index in [0.717, 1.165) is 11.5 Å². The van der Waals surface area contributed by atoms with Crippen LogP contribution < -0.4 is 18.6 Å². The number of hydrogen-bond acceptors (Lipinski definition) is 5. The third-order valence-electron chi connectivity index (χ3n) is 2.76. The summed E-state index contributed by atoms with van der Waals surface area (Å²) in [5, 5.41) is 0. The third kappa shape index (κ3) is 6.84. The Morgan fingerprint density at radius 1 is 0.818 bits per heavy atom. The summed E-state index contributed by atoms with van der Waals surface area (Å²) in [6, 6.07) is 0. The molecule has 0 saturated heterocycles. The van der Waals surface area contributed by atoms with Crippen LogP contribution in [0, 0.1) is 10.2 Å². The zero-order chi connectivity index (χ0) is 16.9. The lowest BCUT2D eigenvalue weighted by molar-refractivity contribution is -2.00. The normalized spacial score (nSPS) is 17.4. The van der Waals surface area contributed by atoms with E-state index in [2.05, 4.69) is 41.0 Å². The van der Waals surface area contributed by atoms with Gasteiger partial charge in [0.1, 0.15) is 25.6 Å². The number of nitrogens with zero attached hydrogens (tertiary/aromatic N) is 1. The molecule has 0 aromatic rings. The van der Waals surface area contributed by atoms with Crippen molar-refractivity contribution in [2.75, 3.05) is 14.1 Å².